The van der Waals surface area contributed by atoms with E-state index < -0.39 is 0 Å². The van der Waals surface area contributed by atoms with Crippen molar-refractivity contribution in [1.29, 1.82) is 0 Å². The fraction of sp³-hybridized carbons (Fsp3) is 0.933. The van der Waals surface area contributed by atoms with E-state index in [4.69, 9.17) is 4.74 Å². The van der Waals surface area contributed by atoms with Crippen molar-refractivity contribution in [2.45, 2.75) is 51.5 Å². The number of carbonyl (C=O) groups excluding carboxylic acids is 1. The molecule has 4 nitrogen and oxygen atoms in total. The van der Waals surface area contributed by atoms with E-state index in [1.165, 1.54) is 6.42 Å². The molecule has 2 atom stereocenters. The van der Waals surface area contributed by atoms with E-state index in [1.807, 2.05) is 0 Å². The molecule has 20 heavy (non-hydrogen) atoms. The highest BCUT2D eigenvalue weighted by Gasteiger charge is 2.24. The Morgan fingerprint density at radius 1 is 1.35 bits per heavy atom. The van der Waals surface area contributed by atoms with Gasteiger partial charge in [-0.15, -0.1) is 12.4 Å². The summed E-state index contributed by atoms with van der Waals surface area (Å²) in [5.41, 5.74) is 0. The summed E-state index contributed by atoms with van der Waals surface area (Å²) in [7, 11) is 0. The van der Waals surface area contributed by atoms with Gasteiger partial charge >= 0.3 is 0 Å². The van der Waals surface area contributed by atoms with Crippen molar-refractivity contribution in [3.05, 3.63) is 0 Å². The number of hydrogen-bond donors (Lipinski definition) is 2. The molecule has 0 spiro atoms. The molecule has 0 aromatic heterocycles. The third-order valence-corrected chi connectivity index (χ3v) is 4.56. The maximum atomic E-state index is 12.0. The Bertz CT molecular complexity index is 277. The lowest BCUT2D eigenvalue weighted by atomic mass is 9.90. The van der Waals surface area contributed by atoms with Gasteiger partial charge < -0.3 is 15.4 Å². The van der Waals surface area contributed by atoms with Crippen molar-refractivity contribution < 1.29 is 9.53 Å². The highest BCUT2D eigenvalue weighted by molar-refractivity contribution is 5.85. The minimum absolute atomic E-state index is 0. The monoisotopic (exact) mass is 304 g/mol. The minimum Gasteiger partial charge on any atom is -0.381 e. The fourth-order valence-electron chi connectivity index (χ4n) is 3.25. The fourth-order valence-corrected chi connectivity index (χ4v) is 3.25. The van der Waals surface area contributed by atoms with Gasteiger partial charge in [0.2, 0.25) is 5.91 Å². The molecule has 2 unspecified atom stereocenters. The molecule has 2 aliphatic heterocycles. The van der Waals surface area contributed by atoms with Gasteiger partial charge in [-0.25, -0.2) is 0 Å². The Morgan fingerprint density at radius 2 is 2.10 bits per heavy atom. The van der Waals surface area contributed by atoms with Crippen LogP contribution in [0.15, 0.2) is 0 Å². The largest absolute Gasteiger partial charge is 0.381 e. The van der Waals surface area contributed by atoms with E-state index in [1.54, 1.807) is 0 Å². The van der Waals surface area contributed by atoms with Crippen LogP contribution >= 0.6 is 12.4 Å². The molecule has 0 aromatic carbocycles. The summed E-state index contributed by atoms with van der Waals surface area (Å²) in [4.78, 5) is 12.0. The average Bonchev–Trinajstić information content (AvgIpc) is 2.97. The minimum atomic E-state index is 0. The highest BCUT2D eigenvalue weighted by atomic mass is 35.5. The predicted molar refractivity (Wildman–Crippen MR) is 83.2 cm³/mol. The van der Waals surface area contributed by atoms with Gasteiger partial charge in [0.1, 0.15) is 0 Å². The second-order valence-electron chi connectivity index (χ2n) is 5.93. The van der Waals surface area contributed by atoms with Crippen molar-refractivity contribution in [3.8, 4) is 0 Å². The zero-order valence-corrected chi connectivity index (χ0v) is 13.3. The first-order valence-corrected chi connectivity index (χ1v) is 7.87. The smallest absolute Gasteiger partial charge is 0.220 e. The topological polar surface area (TPSA) is 50.4 Å². The second kappa shape index (κ2) is 9.59. The molecule has 2 aliphatic rings. The molecule has 0 radical (unpaired) electrons. The van der Waals surface area contributed by atoms with Crippen LogP contribution in [-0.2, 0) is 9.53 Å². The average molecular weight is 305 g/mol. The Labute approximate surface area is 128 Å². The summed E-state index contributed by atoms with van der Waals surface area (Å²) in [6.07, 6.45) is 6.15. The molecule has 118 valence electrons. The van der Waals surface area contributed by atoms with Crippen molar-refractivity contribution in [1.82, 2.24) is 10.6 Å². The van der Waals surface area contributed by atoms with E-state index in [9.17, 15) is 4.79 Å². The number of ether oxygens (including phenoxy) is 1. The first kappa shape index (κ1) is 17.7. The van der Waals surface area contributed by atoms with E-state index >= 15 is 0 Å². The molecule has 0 aromatic rings. The molecule has 2 fully saturated rings. The van der Waals surface area contributed by atoms with Crippen LogP contribution in [0, 0.1) is 11.8 Å². The number of carbonyl (C=O) groups is 1. The molecule has 5 heteroatoms. The number of hydrogen-bond acceptors (Lipinski definition) is 3. The van der Waals surface area contributed by atoms with Crippen molar-refractivity contribution in [2.75, 3.05) is 26.3 Å². The Balaban J connectivity index is 0.00000200. The molecule has 2 saturated heterocycles. The maximum absolute atomic E-state index is 12.0. The third-order valence-electron chi connectivity index (χ3n) is 4.56. The highest BCUT2D eigenvalue weighted by Crippen LogP contribution is 2.21. The Kier molecular flexibility index (Phi) is 8.50. The number of rotatable bonds is 6. The van der Waals surface area contributed by atoms with E-state index in [0.717, 1.165) is 52.0 Å². The summed E-state index contributed by atoms with van der Waals surface area (Å²) in [6, 6.07) is 0.345. The molecule has 2 heterocycles. The normalized spacial score (nSPS) is 24.9. The summed E-state index contributed by atoms with van der Waals surface area (Å²) in [5.74, 6) is 1.55. The molecular weight excluding hydrogens is 276 g/mol. The maximum Gasteiger partial charge on any atom is 0.220 e. The zero-order valence-electron chi connectivity index (χ0n) is 12.5. The SMILES string of the molecule is CCC(NC(=O)CCC1CCNC1)C1CCOCC1.Cl. The lowest BCUT2D eigenvalue weighted by molar-refractivity contribution is -0.122. The van der Waals surface area contributed by atoms with Crippen LogP contribution in [-0.4, -0.2) is 38.3 Å². The molecule has 1 amide bonds. The molecule has 2 rings (SSSR count). The van der Waals surface area contributed by atoms with Gasteiger partial charge in [-0.2, -0.15) is 0 Å². The van der Waals surface area contributed by atoms with Gasteiger partial charge in [0.25, 0.3) is 0 Å². The second-order valence-corrected chi connectivity index (χ2v) is 5.93. The van der Waals surface area contributed by atoms with Crippen LogP contribution < -0.4 is 10.6 Å². The van der Waals surface area contributed by atoms with Crippen LogP contribution in [0.4, 0.5) is 0 Å². The van der Waals surface area contributed by atoms with Crippen molar-refractivity contribution in [2.24, 2.45) is 11.8 Å². The molecular formula is C15H29ClN2O2. The van der Waals surface area contributed by atoms with Gasteiger partial charge in [-0.3, -0.25) is 4.79 Å². The number of amides is 1. The van der Waals surface area contributed by atoms with Crippen molar-refractivity contribution in [3.63, 3.8) is 0 Å². The van der Waals surface area contributed by atoms with Crippen LogP contribution in [0.2, 0.25) is 0 Å². The molecule has 0 saturated carbocycles. The van der Waals surface area contributed by atoms with Gasteiger partial charge in [0.05, 0.1) is 0 Å². The lowest BCUT2D eigenvalue weighted by Gasteiger charge is -2.30. The zero-order chi connectivity index (χ0) is 13.5. The third kappa shape index (κ3) is 5.58. The van der Waals surface area contributed by atoms with E-state index in [0.29, 0.717) is 24.3 Å². The van der Waals surface area contributed by atoms with Crippen LogP contribution in [0.1, 0.15) is 45.4 Å². The summed E-state index contributed by atoms with van der Waals surface area (Å²) >= 11 is 0. The Morgan fingerprint density at radius 3 is 2.70 bits per heavy atom. The number of halogens is 1. The lowest BCUT2D eigenvalue weighted by Crippen LogP contribution is -2.42. The van der Waals surface area contributed by atoms with E-state index in [2.05, 4.69) is 17.6 Å². The Hall–Kier alpha value is -0.320. The molecule has 0 aliphatic carbocycles. The van der Waals surface area contributed by atoms with Gasteiger partial charge in [-0.05, 0) is 57.0 Å². The van der Waals surface area contributed by atoms with E-state index in [-0.39, 0.29) is 18.3 Å². The molecule has 0 bridgehead atoms. The first-order chi connectivity index (χ1) is 9.29. The number of nitrogens with one attached hydrogen (secondary N) is 2. The van der Waals surface area contributed by atoms with Crippen LogP contribution in [0.25, 0.3) is 0 Å². The van der Waals surface area contributed by atoms with Crippen LogP contribution in [0.5, 0.6) is 0 Å². The van der Waals surface area contributed by atoms with Crippen LogP contribution in [0.3, 0.4) is 0 Å². The van der Waals surface area contributed by atoms with Gasteiger partial charge in [0.15, 0.2) is 0 Å². The summed E-state index contributed by atoms with van der Waals surface area (Å²) in [6.45, 7) is 6.08. The summed E-state index contributed by atoms with van der Waals surface area (Å²) < 4.78 is 5.39. The predicted octanol–water partition coefficient (Wildman–Crippen LogP) is 2.12. The standard InChI is InChI=1S/C15H28N2O2.ClH/c1-2-14(13-6-9-19-10-7-13)17-15(18)4-3-12-5-8-16-11-12;/h12-14,16H,2-11H2,1H3,(H,17,18);1H. The summed E-state index contributed by atoms with van der Waals surface area (Å²) in [5, 5.41) is 6.60. The molecule has 2 N–H and O–H groups in total. The van der Waals surface area contributed by atoms with Gasteiger partial charge in [-0.1, -0.05) is 6.92 Å². The first-order valence-electron chi connectivity index (χ1n) is 7.87. The quantitative estimate of drug-likeness (QED) is 0.790. The van der Waals surface area contributed by atoms with Gasteiger partial charge in [0, 0.05) is 25.7 Å². The van der Waals surface area contributed by atoms with Crippen molar-refractivity contribution >= 4 is 18.3 Å².